The lowest BCUT2D eigenvalue weighted by Crippen LogP contribution is -1.98. The molecule has 0 aliphatic heterocycles. The quantitative estimate of drug-likeness (QED) is 0.883. The second kappa shape index (κ2) is 4.76. The number of aliphatic hydroxyl groups is 1. The van der Waals surface area contributed by atoms with Crippen molar-refractivity contribution < 1.29 is 5.11 Å². The number of aryl methyl sites for hydroxylation is 2. The lowest BCUT2D eigenvalue weighted by molar-refractivity contribution is 0.223. The number of rotatable bonds is 3. The summed E-state index contributed by atoms with van der Waals surface area (Å²) in [5.41, 5.74) is 3.28. The SMILES string of the molecule is CCc1ccc([C@H](O)c2sncc2C)cc1. The van der Waals surface area contributed by atoms with E-state index in [2.05, 4.69) is 23.4 Å². The number of hydrogen-bond acceptors (Lipinski definition) is 3. The summed E-state index contributed by atoms with van der Waals surface area (Å²) in [6.07, 6.45) is 2.28. The third kappa shape index (κ3) is 2.15. The molecule has 0 aliphatic carbocycles. The van der Waals surface area contributed by atoms with Crippen molar-refractivity contribution in [1.82, 2.24) is 4.37 Å². The lowest BCUT2D eigenvalue weighted by atomic mass is 10.0. The summed E-state index contributed by atoms with van der Waals surface area (Å²) in [5, 5.41) is 10.2. The maximum absolute atomic E-state index is 10.2. The molecule has 0 unspecified atom stereocenters. The van der Waals surface area contributed by atoms with Crippen molar-refractivity contribution in [3.05, 3.63) is 52.0 Å². The zero-order valence-electron chi connectivity index (χ0n) is 9.47. The van der Waals surface area contributed by atoms with E-state index < -0.39 is 6.10 Å². The van der Waals surface area contributed by atoms with Gasteiger partial charge in [-0.1, -0.05) is 31.2 Å². The van der Waals surface area contributed by atoms with Gasteiger partial charge in [0.2, 0.25) is 0 Å². The Morgan fingerprint density at radius 2 is 2.00 bits per heavy atom. The summed E-state index contributed by atoms with van der Waals surface area (Å²) in [6.45, 7) is 4.10. The number of aliphatic hydroxyl groups excluding tert-OH is 1. The first kappa shape index (κ1) is 11.3. The van der Waals surface area contributed by atoms with E-state index in [-0.39, 0.29) is 0 Å². The molecular formula is C13H15NOS. The minimum absolute atomic E-state index is 0.543. The molecule has 2 rings (SSSR count). The van der Waals surface area contributed by atoms with E-state index in [1.165, 1.54) is 17.1 Å². The first-order valence-electron chi connectivity index (χ1n) is 5.40. The van der Waals surface area contributed by atoms with Gasteiger partial charge in [0.15, 0.2) is 0 Å². The van der Waals surface area contributed by atoms with Gasteiger partial charge >= 0.3 is 0 Å². The molecule has 0 spiro atoms. The van der Waals surface area contributed by atoms with Crippen LogP contribution in [0.1, 0.15) is 34.6 Å². The Morgan fingerprint density at radius 3 is 2.50 bits per heavy atom. The van der Waals surface area contributed by atoms with E-state index >= 15 is 0 Å². The van der Waals surface area contributed by atoms with E-state index in [1.54, 1.807) is 6.20 Å². The first-order valence-corrected chi connectivity index (χ1v) is 6.17. The van der Waals surface area contributed by atoms with Crippen molar-refractivity contribution in [3.63, 3.8) is 0 Å². The van der Waals surface area contributed by atoms with Crippen LogP contribution in [0.5, 0.6) is 0 Å². The zero-order chi connectivity index (χ0) is 11.5. The van der Waals surface area contributed by atoms with Gasteiger partial charge < -0.3 is 5.11 Å². The molecule has 3 heteroatoms. The van der Waals surface area contributed by atoms with Gasteiger partial charge in [0.25, 0.3) is 0 Å². The average molecular weight is 233 g/mol. The lowest BCUT2D eigenvalue weighted by Gasteiger charge is -2.10. The minimum atomic E-state index is -0.543. The number of nitrogens with zero attached hydrogens (tertiary/aromatic N) is 1. The summed E-state index contributed by atoms with van der Waals surface area (Å²) < 4.78 is 4.08. The summed E-state index contributed by atoms with van der Waals surface area (Å²) in [5.74, 6) is 0. The third-order valence-corrected chi connectivity index (χ3v) is 3.69. The Balaban J connectivity index is 2.27. The Bertz CT molecular complexity index is 461. The second-order valence-corrected chi connectivity index (χ2v) is 4.70. The van der Waals surface area contributed by atoms with Crippen LogP contribution in [0, 0.1) is 6.92 Å². The van der Waals surface area contributed by atoms with Crippen molar-refractivity contribution in [2.24, 2.45) is 0 Å². The van der Waals surface area contributed by atoms with Crippen LogP contribution in [0.3, 0.4) is 0 Å². The van der Waals surface area contributed by atoms with Gasteiger partial charge in [-0.25, -0.2) is 4.37 Å². The fraction of sp³-hybridized carbons (Fsp3) is 0.308. The summed E-state index contributed by atoms with van der Waals surface area (Å²) >= 11 is 1.36. The molecule has 2 aromatic rings. The molecule has 0 amide bonds. The summed E-state index contributed by atoms with van der Waals surface area (Å²) in [6, 6.07) is 8.11. The standard InChI is InChI=1S/C13H15NOS/c1-3-10-4-6-11(7-5-10)12(15)13-9(2)8-14-16-13/h4-8,12,15H,3H2,1-2H3/t12-/m0/s1. The van der Waals surface area contributed by atoms with Crippen molar-refractivity contribution in [2.75, 3.05) is 0 Å². The highest BCUT2D eigenvalue weighted by molar-refractivity contribution is 7.06. The predicted molar refractivity (Wildman–Crippen MR) is 66.7 cm³/mol. The van der Waals surface area contributed by atoms with E-state index in [1.807, 2.05) is 19.1 Å². The average Bonchev–Trinajstić information content (AvgIpc) is 2.75. The predicted octanol–water partition coefficient (Wildman–Crippen LogP) is 3.10. The van der Waals surface area contributed by atoms with Gasteiger partial charge in [-0.2, -0.15) is 0 Å². The summed E-state index contributed by atoms with van der Waals surface area (Å²) in [4.78, 5) is 0.934. The van der Waals surface area contributed by atoms with E-state index in [0.29, 0.717) is 0 Å². The maximum Gasteiger partial charge on any atom is 0.115 e. The molecule has 2 nitrogen and oxygen atoms in total. The highest BCUT2D eigenvalue weighted by Gasteiger charge is 2.14. The maximum atomic E-state index is 10.2. The molecule has 1 N–H and O–H groups in total. The van der Waals surface area contributed by atoms with Crippen LogP contribution in [0.15, 0.2) is 30.5 Å². The second-order valence-electron chi connectivity index (χ2n) is 3.87. The fourth-order valence-electron chi connectivity index (χ4n) is 1.65. The molecule has 0 bridgehead atoms. The summed E-state index contributed by atoms with van der Waals surface area (Å²) in [7, 11) is 0. The van der Waals surface area contributed by atoms with Gasteiger partial charge in [-0.15, -0.1) is 0 Å². The Kier molecular flexibility index (Phi) is 3.36. The molecule has 1 atom stereocenters. The van der Waals surface area contributed by atoms with Crippen LogP contribution >= 0.6 is 11.5 Å². The number of benzene rings is 1. The van der Waals surface area contributed by atoms with Crippen LogP contribution in [-0.4, -0.2) is 9.48 Å². The number of hydrogen-bond donors (Lipinski definition) is 1. The first-order chi connectivity index (χ1) is 7.72. The topological polar surface area (TPSA) is 33.1 Å². The van der Waals surface area contributed by atoms with E-state index in [9.17, 15) is 5.11 Å². The molecule has 84 valence electrons. The van der Waals surface area contributed by atoms with Crippen LogP contribution < -0.4 is 0 Å². The molecule has 0 saturated heterocycles. The minimum Gasteiger partial charge on any atom is -0.383 e. The van der Waals surface area contributed by atoms with Gasteiger partial charge in [0.1, 0.15) is 6.10 Å². The Morgan fingerprint density at radius 1 is 1.31 bits per heavy atom. The zero-order valence-corrected chi connectivity index (χ0v) is 10.3. The molecule has 1 heterocycles. The molecular weight excluding hydrogens is 218 g/mol. The normalized spacial score (nSPS) is 12.7. The molecule has 16 heavy (non-hydrogen) atoms. The Hall–Kier alpha value is -1.19. The monoisotopic (exact) mass is 233 g/mol. The molecule has 0 fully saturated rings. The molecule has 1 aromatic carbocycles. The molecule has 0 radical (unpaired) electrons. The molecule has 0 saturated carbocycles. The van der Waals surface area contributed by atoms with Crippen molar-refractivity contribution in [3.8, 4) is 0 Å². The molecule has 0 aliphatic rings. The van der Waals surface area contributed by atoms with Gasteiger partial charge in [0.05, 0.1) is 4.88 Å². The van der Waals surface area contributed by atoms with Gasteiger partial charge in [-0.05, 0) is 41.6 Å². The highest BCUT2D eigenvalue weighted by Crippen LogP contribution is 2.27. The Labute approximate surface area is 99.7 Å². The van der Waals surface area contributed by atoms with Crippen LogP contribution in [0.25, 0.3) is 0 Å². The third-order valence-electron chi connectivity index (χ3n) is 2.74. The van der Waals surface area contributed by atoms with Gasteiger partial charge in [0, 0.05) is 6.20 Å². The van der Waals surface area contributed by atoms with Gasteiger partial charge in [-0.3, -0.25) is 0 Å². The van der Waals surface area contributed by atoms with E-state index in [4.69, 9.17) is 0 Å². The largest absolute Gasteiger partial charge is 0.383 e. The molecule has 1 aromatic heterocycles. The van der Waals surface area contributed by atoms with Crippen molar-refractivity contribution in [1.29, 1.82) is 0 Å². The van der Waals surface area contributed by atoms with Crippen LogP contribution in [0.4, 0.5) is 0 Å². The van der Waals surface area contributed by atoms with Crippen molar-refractivity contribution in [2.45, 2.75) is 26.4 Å². The number of aromatic nitrogens is 1. The highest BCUT2D eigenvalue weighted by atomic mass is 32.1. The van der Waals surface area contributed by atoms with Crippen LogP contribution in [0.2, 0.25) is 0 Å². The smallest absolute Gasteiger partial charge is 0.115 e. The van der Waals surface area contributed by atoms with E-state index in [0.717, 1.165) is 22.4 Å². The van der Waals surface area contributed by atoms with Crippen LogP contribution in [-0.2, 0) is 6.42 Å². The fourth-order valence-corrected chi connectivity index (χ4v) is 2.41. The van der Waals surface area contributed by atoms with Crippen molar-refractivity contribution >= 4 is 11.5 Å².